The van der Waals surface area contributed by atoms with Gasteiger partial charge < -0.3 is 10.2 Å². The Kier molecular flexibility index (Phi) is 4.19. The van der Waals surface area contributed by atoms with E-state index < -0.39 is 5.91 Å². The standard InChI is InChI=1S/C9H11ClN4O2/c1-11-8(15)5-14(2)9(16)6-3-12-4-7(10)13-6/h3-4H,5H2,1-2H3,(H,11,15). The molecule has 86 valence electrons. The summed E-state index contributed by atoms with van der Waals surface area (Å²) >= 11 is 5.60. The van der Waals surface area contributed by atoms with Gasteiger partial charge in [0.1, 0.15) is 10.8 Å². The van der Waals surface area contributed by atoms with E-state index in [1.54, 1.807) is 0 Å². The Morgan fingerprint density at radius 3 is 2.75 bits per heavy atom. The third-order valence-electron chi connectivity index (χ3n) is 1.83. The Labute approximate surface area is 97.6 Å². The molecule has 0 aliphatic heterocycles. The van der Waals surface area contributed by atoms with E-state index in [1.807, 2.05) is 0 Å². The van der Waals surface area contributed by atoms with Crippen LogP contribution in [0, 0.1) is 0 Å². The van der Waals surface area contributed by atoms with Gasteiger partial charge in [0.05, 0.1) is 18.9 Å². The lowest BCUT2D eigenvalue weighted by molar-refractivity contribution is -0.121. The summed E-state index contributed by atoms with van der Waals surface area (Å²) in [5, 5.41) is 2.56. The van der Waals surface area contributed by atoms with Crippen LogP contribution in [-0.2, 0) is 4.79 Å². The molecule has 2 amide bonds. The summed E-state index contributed by atoms with van der Waals surface area (Å²) in [6.07, 6.45) is 2.63. The van der Waals surface area contributed by atoms with E-state index in [-0.39, 0.29) is 23.3 Å². The largest absolute Gasteiger partial charge is 0.358 e. The van der Waals surface area contributed by atoms with Crippen molar-refractivity contribution in [2.75, 3.05) is 20.6 Å². The fourth-order valence-electron chi connectivity index (χ4n) is 1.01. The topological polar surface area (TPSA) is 75.2 Å². The number of nitrogens with zero attached hydrogens (tertiary/aromatic N) is 3. The van der Waals surface area contributed by atoms with Crippen LogP contribution in [-0.4, -0.2) is 47.3 Å². The van der Waals surface area contributed by atoms with Crippen LogP contribution in [0.3, 0.4) is 0 Å². The number of nitrogens with one attached hydrogen (secondary N) is 1. The lowest BCUT2D eigenvalue weighted by Gasteiger charge is -2.15. The number of aromatic nitrogens is 2. The van der Waals surface area contributed by atoms with E-state index >= 15 is 0 Å². The molecule has 0 aliphatic rings. The van der Waals surface area contributed by atoms with Gasteiger partial charge in [-0.05, 0) is 0 Å². The summed E-state index contributed by atoms with van der Waals surface area (Å²) in [4.78, 5) is 31.6. The Hall–Kier alpha value is -1.69. The van der Waals surface area contributed by atoms with E-state index in [0.717, 1.165) is 0 Å². The van der Waals surface area contributed by atoms with Gasteiger partial charge in [0.2, 0.25) is 5.91 Å². The van der Waals surface area contributed by atoms with Crippen molar-refractivity contribution in [1.82, 2.24) is 20.2 Å². The number of halogens is 1. The molecule has 1 N–H and O–H groups in total. The van der Waals surface area contributed by atoms with Gasteiger partial charge in [0.25, 0.3) is 5.91 Å². The summed E-state index contributed by atoms with van der Waals surface area (Å²) in [6, 6.07) is 0. The summed E-state index contributed by atoms with van der Waals surface area (Å²) < 4.78 is 0. The second kappa shape index (κ2) is 5.41. The highest BCUT2D eigenvalue weighted by Crippen LogP contribution is 2.04. The molecule has 0 aliphatic carbocycles. The van der Waals surface area contributed by atoms with Gasteiger partial charge >= 0.3 is 0 Å². The molecule has 1 aromatic rings. The van der Waals surface area contributed by atoms with Crippen molar-refractivity contribution in [3.05, 3.63) is 23.2 Å². The average molecular weight is 243 g/mol. The van der Waals surface area contributed by atoms with Gasteiger partial charge in [0.15, 0.2) is 0 Å². The van der Waals surface area contributed by atoms with Crippen molar-refractivity contribution < 1.29 is 9.59 Å². The Bertz CT molecular complexity index is 410. The Morgan fingerprint density at radius 2 is 2.19 bits per heavy atom. The van der Waals surface area contributed by atoms with Crippen LogP contribution >= 0.6 is 11.6 Å². The van der Waals surface area contributed by atoms with E-state index in [0.29, 0.717) is 0 Å². The van der Waals surface area contributed by atoms with E-state index in [4.69, 9.17) is 11.6 Å². The van der Waals surface area contributed by atoms with Crippen molar-refractivity contribution >= 4 is 23.4 Å². The van der Waals surface area contributed by atoms with Crippen molar-refractivity contribution in [3.63, 3.8) is 0 Å². The Balaban J connectivity index is 2.74. The van der Waals surface area contributed by atoms with Crippen LogP contribution in [0.1, 0.15) is 10.5 Å². The maximum absolute atomic E-state index is 11.7. The van der Waals surface area contributed by atoms with Crippen LogP contribution in [0.25, 0.3) is 0 Å². The number of carbonyl (C=O) groups excluding carboxylic acids is 2. The molecule has 0 unspecified atom stereocenters. The minimum absolute atomic E-state index is 0.0382. The molecule has 0 saturated carbocycles. The summed E-state index contributed by atoms with van der Waals surface area (Å²) in [6.45, 7) is -0.0382. The van der Waals surface area contributed by atoms with Gasteiger partial charge in [-0.15, -0.1) is 0 Å². The molecule has 1 rings (SSSR count). The van der Waals surface area contributed by atoms with Crippen molar-refractivity contribution in [2.24, 2.45) is 0 Å². The van der Waals surface area contributed by atoms with Gasteiger partial charge in [-0.2, -0.15) is 0 Å². The summed E-state index contributed by atoms with van der Waals surface area (Å²) in [5.74, 6) is -0.663. The fraction of sp³-hybridized carbons (Fsp3) is 0.333. The molecule has 0 spiro atoms. The molecule has 1 aromatic heterocycles. The smallest absolute Gasteiger partial charge is 0.274 e. The minimum Gasteiger partial charge on any atom is -0.358 e. The first kappa shape index (κ1) is 12.4. The molecule has 1 heterocycles. The molecule has 6 nitrogen and oxygen atoms in total. The number of carbonyl (C=O) groups is 2. The summed E-state index contributed by atoms with van der Waals surface area (Å²) in [7, 11) is 3.00. The molecule has 7 heteroatoms. The maximum atomic E-state index is 11.7. The first-order valence-corrected chi connectivity index (χ1v) is 4.86. The molecule has 0 bridgehead atoms. The molecular weight excluding hydrogens is 232 g/mol. The normalized spacial score (nSPS) is 9.69. The highest BCUT2D eigenvalue weighted by Gasteiger charge is 2.15. The molecule has 0 fully saturated rings. The fourth-order valence-corrected chi connectivity index (χ4v) is 1.15. The molecule has 0 aromatic carbocycles. The van der Waals surface area contributed by atoms with Crippen LogP contribution in [0.4, 0.5) is 0 Å². The minimum atomic E-state index is -0.404. The lowest BCUT2D eigenvalue weighted by Crippen LogP contribution is -2.37. The molecule has 0 atom stereocenters. The Morgan fingerprint density at radius 1 is 1.50 bits per heavy atom. The third-order valence-corrected chi connectivity index (χ3v) is 2.01. The molecule has 0 radical (unpaired) electrons. The zero-order valence-electron chi connectivity index (χ0n) is 8.90. The van der Waals surface area contributed by atoms with Gasteiger partial charge in [-0.25, -0.2) is 4.98 Å². The second-order valence-corrected chi connectivity index (χ2v) is 3.45. The van der Waals surface area contributed by atoms with Crippen LogP contribution in [0.5, 0.6) is 0 Å². The van der Waals surface area contributed by atoms with Gasteiger partial charge in [0, 0.05) is 14.1 Å². The predicted molar refractivity (Wildman–Crippen MR) is 58.1 cm³/mol. The SMILES string of the molecule is CNC(=O)CN(C)C(=O)c1cncc(Cl)n1. The lowest BCUT2D eigenvalue weighted by atomic mass is 10.4. The number of hydrogen-bond acceptors (Lipinski definition) is 4. The van der Waals surface area contributed by atoms with Crippen LogP contribution in [0.15, 0.2) is 12.4 Å². The number of amides is 2. The van der Waals surface area contributed by atoms with Crippen molar-refractivity contribution in [1.29, 1.82) is 0 Å². The van der Waals surface area contributed by atoms with Crippen LogP contribution in [0.2, 0.25) is 5.15 Å². The second-order valence-electron chi connectivity index (χ2n) is 3.06. The first-order chi connectivity index (χ1) is 7.54. The molecular formula is C9H11ClN4O2. The monoisotopic (exact) mass is 242 g/mol. The average Bonchev–Trinajstić information content (AvgIpc) is 2.27. The highest BCUT2D eigenvalue weighted by molar-refractivity contribution is 6.29. The molecule has 16 heavy (non-hydrogen) atoms. The third kappa shape index (κ3) is 3.16. The zero-order valence-corrected chi connectivity index (χ0v) is 9.65. The number of hydrogen-bond donors (Lipinski definition) is 1. The molecule has 0 saturated heterocycles. The van der Waals surface area contributed by atoms with E-state index in [1.165, 1.54) is 31.4 Å². The predicted octanol–water partition coefficient (Wildman–Crippen LogP) is -0.0520. The van der Waals surface area contributed by atoms with Crippen LogP contribution < -0.4 is 5.32 Å². The zero-order chi connectivity index (χ0) is 12.1. The van der Waals surface area contributed by atoms with E-state index in [2.05, 4.69) is 15.3 Å². The van der Waals surface area contributed by atoms with Crippen molar-refractivity contribution in [3.8, 4) is 0 Å². The number of rotatable bonds is 3. The maximum Gasteiger partial charge on any atom is 0.274 e. The first-order valence-electron chi connectivity index (χ1n) is 4.48. The summed E-state index contributed by atoms with van der Waals surface area (Å²) in [5.41, 5.74) is 0.110. The quantitative estimate of drug-likeness (QED) is 0.806. The van der Waals surface area contributed by atoms with Gasteiger partial charge in [-0.3, -0.25) is 14.6 Å². The highest BCUT2D eigenvalue weighted by atomic mass is 35.5. The van der Waals surface area contributed by atoms with Crippen molar-refractivity contribution in [2.45, 2.75) is 0 Å². The van der Waals surface area contributed by atoms with E-state index in [9.17, 15) is 9.59 Å². The van der Waals surface area contributed by atoms with Gasteiger partial charge in [-0.1, -0.05) is 11.6 Å². The number of likely N-dealkylation sites (N-methyl/N-ethyl adjacent to an activating group) is 2.